The van der Waals surface area contributed by atoms with Crippen LogP contribution in [0.4, 0.5) is 0 Å². The van der Waals surface area contributed by atoms with Gasteiger partial charge in [0.1, 0.15) is 11.5 Å². The molecule has 7 N–H and O–H groups in total. The normalized spacial score (nSPS) is 10.9. The van der Waals surface area contributed by atoms with Gasteiger partial charge in [-0.25, -0.2) is 0 Å². The van der Waals surface area contributed by atoms with Crippen molar-refractivity contribution in [3.63, 3.8) is 0 Å². The second-order valence-electron chi connectivity index (χ2n) is 7.31. The first-order valence-corrected chi connectivity index (χ1v) is 12.8. The average Bonchev–Trinajstić information content (AvgIpc) is 2.82. The molecule has 0 heterocycles. The Morgan fingerprint density at radius 2 is 1.30 bits per heavy atom. The number of hydrogen-bond acceptors (Lipinski definition) is 6. The van der Waals surface area contributed by atoms with Gasteiger partial charge in [0.05, 0.1) is 5.30 Å². The van der Waals surface area contributed by atoms with Crippen molar-refractivity contribution in [3.05, 3.63) is 66.2 Å². The summed E-state index contributed by atoms with van der Waals surface area (Å²) in [5.41, 5.74) is 15.5. The predicted octanol–water partition coefficient (Wildman–Crippen LogP) is 4.81. The van der Waals surface area contributed by atoms with Crippen LogP contribution < -0.4 is 21.5 Å². The van der Waals surface area contributed by atoms with E-state index in [1.165, 1.54) is 12.1 Å². The Morgan fingerprint density at radius 1 is 0.848 bits per heavy atom. The second-order valence-corrected chi connectivity index (χ2v) is 9.62. The van der Waals surface area contributed by atoms with Crippen LogP contribution in [0.25, 0.3) is 11.1 Å². The zero-order valence-corrected chi connectivity index (χ0v) is 22.0. The Labute approximate surface area is 201 Å². The Balaban J connectivity index is 0.000000689. The molecule has 0 bridgehead atoms. The first-order chi connectivity index (χ1) is 15.5. The van der Waals surface area contributed by atoms with Crippen LogP contribution in [0.5, 0.6) is 23.0 Å². The third-order valence-electron chi connectivity index (χ3n) is 4.55. The van der Waals surface area contributed by atoms with Crippen molar-refractivity contribution in [1.29, 1.82) is 0 Å². The molecule has 180 valence electrons. The van der Waals surface area contributed by atoms with Gasteiger partial charge in [-0.2, -0.15) is 0 Å². The van der Waals surface area contributed by atoms with E-state index >= 15 is 0 Å². The van der Waals surface area contributed by atoms with Crippen LogP contribution in [-0.2, 0) is 5.85 Å². The average molecular weight is 491 g/mol. The van der Waals surface area contributed by atoms with Crippen LogP contribution in [0.15, 0.2) is 60.7 Å². The molecule has 0 saturated heterocycles. The van der Waals surface area contributed by atoms with Gasteiger partial charge < -0.3 is 20.1 Å². The van der Waals surface area contributed by atoms with E-state index in [0.29, 0.717) is 5.56 Å². The summed E-state index contributed by atoms with van der Waals surface area (Å²) >= 11 is 0. The first kappa shape index (κ1) is 28.7. The number of rotatable bonds is 5. The summed E-state index contributed by atoms with van der Waals surface area (Å²) in [6, 6.07) is 16.8. The summed E-state index contributed by atoms with van der Waals surface area (Å²) in [5.74, 6) is -1.78. The Hall–Kier alpha value is -2.36. The predicted molar refractivity (Wildman–Crippen MR) is 144 cm³/mol. The maximum atomic E-state index is 9.79. The second kappa shape index (κ2) is 13.4. The zero-order chi connectivity index (χ0) is 25.2. The zero-order valence-electron chi connectivity index (χ0n) is 19.8. The van der Waals surface area contributed by atoms with Crippen LogP contribution in [-0.4, -0.2) is 27.6 Å². The van der Waals surface area contributed by atoms with Gasteiger partial charge >= 0.3 is 0 Å². The third-order valence-corrected chi connectivity index (χ3v) is 6.26. The molecule has 3 rings (SSSR count). The molecule has 0 spiro atoms. The lowest BCUT2D eigenvalue weighted by Crippen LogP contribution is -2.51. The van der Waals surface area contributed by atoms with Gasteiger partial charge in [0.25, 0.3) is 0 Å². The fourth-order valence-corrected chi connectivity index (χ4v) is 2.79. The lowest BCUT2D eigenvalue weighted by molar-refractivity contribution is 0.0819. The van der Waals surface area contributed by atoms with Crippen LogP contribution in [0.1, 0.15) is 33.3 Å². The highest BCUT2D eigenvalue weighted by Gasteiger charge is 2.26. The summed E-state index contributed by atoms with van der Waals surface area (Å²) in [6.45, 7) is 10.7. The van der Waals surface area contributed by atoms with E-state index in [1.54, 1.807) is 36.4 Å². The third kappa shape index (κ3) is 8.49. The number of phenols is 3. The van der Waals surface area contributed by atoms with E-state index in [9.17, 15) is 15.3 Å². The molecular weight excluding hydrogens is 454 g/mol. The summed E-state index contributed by atoms with van der Waals surface area (Å²) < 4.78 is 5.65. The molecule has 0 aromatic heterocycles. The molecule has 33 heavy (non-hydrogen) atoms. The van der Waals surface area contributed by atoms with Crippen molar-refractivity contribution in [1.82, 2.24) is 0 Å². The molecule has 3 aromatic rings. The van der Waals surface area contributed by atoms with Gasteiger partial charge in [0, 0.05) is 5.56 Å². The minimum Gasteiger partial charge on any atom is -0.508 e. The summed E-state index contributed by atoms with van der Waals surface area (Å²) in [7, 11) is 3.39. The van der Waals surface area contributed by atoms with E-state index in [1.807, 2.05) is 26.0 Å². The number of ether oxygens (including phenoxy) is 1. The fraction of sp³-hybridized carbons (Fsp3) is 0.280. The van der Waals surface area contributed by atoms with Crippen molar-refractivity contribution in [2.45, 2.75) is 39.2 Å². The SMILES string of the molecule is CC.CPC(C)C.NC(N)(Oc1ccc(O)c(O)c1P)c1ccc(-c2ccc(O)cc2)cc1. The quantitative estimate of drug-likeness (QED) is 0.199. The largest absolute Gasteiger partial charge is 0.508 e. The topological polar surface area (TPSA) is 122 Å². The maximum absolute atomic E-state index is 9.79. The van der Waals surface area contributed by atoms with Gasteiger partial charge in [-0.05, 0) is 47.7 Å². The highest BCUT2D eigenvalue weighted by atomic mass is 31.1. The first-order valence-electron chi connectivity index (χ1n) is 10.7. The molecule has 0 aliphatic carbocycles. The number of phenolic OH excluding ortho intramolecular Hbond substituents is 3. The summed E-state index contributed by atoms with van der Waals surface area (Å²) in [5, 5.41) is 28.9. The molecule has 0 saturated carbocycles. The number of aromatic hydroxyl groups is 3. The molecule has 3 aromatic carbocycles. The minimum absolute atomic E-state index is 0.201. The highest BCUT2D eigenvalue weighted by Crippen LogP contribution is 2.31. The monoisotopic (exact) mass is 490 g/mol. The van der Waals surface area contributed by atoms with Crippen molar-refractivity contribution in [3.8, 4) is 34.1 Å². The van der Waals surface area contributed by atoms with E-state index in [2.05, 4.69) is 29.8 Å². The fourth-order valence-electron chi connectivity index (χ4n) is 2.48. The molecule has 2 unspecified atom stereocenters. The molecule has 8 heteroatoms. The summed E-state index contributed by atoms with van der Waals surface area (Å²) in [6.07, 6.45) is 0. The van der Waals surface area contributed by atoms with Crippen molar-refractivity contribution in [2.24, 2.45) is 11.5 Å². The molecule has 0 amide bonds. The molecule has 0 aliphatic rings. The lowest BCUT2D eigenvalue weighted by Gasteiger charge is -2.27. The Morgan fingerprint density at radius 3 is 1.76 bits per heavy atom. The van der Waals surface area contributed by atoms with E-state index in [4.69, 9.17) is 16.2 Å². The van der Waals surface area contributed by atoms with Gasteiger partial charge in [0.2, 0.25) is 5.85 Å². The lowest BCUT2D eigenvalue weighted by atomic mass is 10.0. The standard InChI is InChI=1S/C19H19N2O4P.C4H11P.C2H6/c20-19(21,25-16-10-9-15(23)17(24)18(16)26)13-5-1-11(2-6-13)12-3-7-14(22)8-4-12;1-4(2)5-3;1-2/h1-10,22-24H,20-21,26H2;4-5H,1-3H3;1-2H3. The number of benzene rings is 3. The summed E-state index contributed by atoms with van der Waals surface area (Å²) in [4.78, 5) is 0. The number of nitrogens with two attached hydrogens (primary N) is 2. The Kier molecular flexibility index (Phi) is 11.6. The van der Waals surface area contributed by atoms with Gasteiger partial charge in [-0.3, -0.25) is 11.5 Å². The van der Waals surface area contributed by atoms with Crippen LogP contribution in [0.2, 0.25) is 0 Å². The molecule has 6 nitrogen and oxygen atoms in total. The van der Waals surface area contributed by atoms with E-state index in [-0.39, 0.29) is 28.3 Å². The van der Waals surface area contributed by atoms with Gasteiger partial charge in [-0.1, -0.05) is 73.3 Å². The van der Waals surface area contributed by atoms with Gasteiger partial charge in [0.15, 0.2) is 11.5 Å². The Bertz CT molecular complexity index is 993. The highest BCUT2D eigenvalue weighted by molar-refractivity contribution is 7.37. The molecular formula is C25H36N2O4P2. The van der Waals surface area contributed by atoms with Crippen LogP contribution in [0, 0.1) is 0 Å². The van der Waals surface area contributed by atoms with Crippen LogP contribution >= 0.6 is 17.8 Å². The van der Waals surface area contributed by atoms with E-state index in [0.717, 1.165) is 25.4 Å². The molecule has 0 aliphatic heterocycles. The molecule has 2 atom stereocenters. The van der Waals surface area contributed by atoms with Crippen molar-refractivity contribution in [2.75, 3.05) is 6.66 Å². The number of hydrogen-bond donors (Lipinski definition) is 5. The van der Waals surface area contributed by atoms with Crippen molar-refractivity contribution >= 4 is 23.1 Å². The molecule has 0 fully saturated rings. The minimum atomic E-state index is -1.64. The van der Waals surface area contributed by atoms with Crippen LogP contribution in [0.3, 0.4) is 0 Å². The molecule has 0 radical (unpaired) electrons. The van der Waals surface area contributed by atoms with E-state index < -0.39 is 5.85 Å². The van der Waals surface area contributed by atoms with Crippen molar-refractivity contribution < 1.29 is 20.1 Å². The smallest absolute Gasteiger partial charge is 0.239 e. The van der Waals surface area contributed by atoms with Gasteiger partial charge in [-0.15, -0.1) is 8.58 Å². The maximum Gasteiger partial charge on any atom is 0.239 e.